The molecular formula is C15H21NO2. The van der Waals surface area contributed by atoms with Crippen molar-refractivity contribution in [2.45, 2.75) is 33.3 Å². The molecule has 0 spiro atoms. The zero-order valence-electron chi connectivity index (χ0n) is 11.4. The number of anilines is 1. The van der Waals surface area contributed by atoms with Crippen molar-refractivity contribution in [2.75, 3.05) is 24.6 Å². The zero-order chi connectivity index (χ0) is 13.1. The van der Waals surface area contributed by atoms with Crippen LogP contribution in [-0.4, -0.2) is 31.6 Å². The van der Waals surface area contributed by atoms with Crippen molar-refractivity contribution in [1.29, 1.82) is 0 Å². The molecule has 18 heavy (non-hydrogen) atoms. The summed E-state index contributed by atoms with van der Waals surface area (Å²) in [5, 5.41) is 0. The molecule has 3 nitrogen and oxygen atoms in total. The second-order valence-electron chi connectivity index (χ2n) is 5.06. The molecule has 0 bridgehead atoms. The van der Waals surface area contributed by atoms with Gasteiger partial charge in [0.25, 0.3) is 0 Å². The smallest absolute Gasteiger partial charge is 0.159 e. The number of rotatable bonds is 5. The molecular weight excluding hydrogens is 226 g/mol. The summed E-state index contributed by atoms with van der Waals surface area (Å²) in [6.45, 7) is 8.42. The van der Waals surface area contributed by atoms with E-state index in [1.807, 2.05) is 12.1 Å². The van der Waals surface area contributed by atoms with Crippen LogP contribution in [0.5, 0.6) is 0 Å². The van der Waals surface area contributed by atoms with E-state index in [-0.39, 0.29) is 11.9 Å². The third-order valence-electron chi connectivity index (χ3n) is 3.29. The van der Waals surface area contributed by atoms with Gasteiger partial charge in [0.05, 0.1) is 12.7 Å². The van der Waals surface area contributed by atoms with Crippen molar-refractivity contribution in [3.05, 3.63) is 29.3 Å². The van der Waals surface area contributed by atoms with Gasteiger partial charge in [-0.25, -0.2) is 0 Å². The van der Waals surface area contributed by atoms with E-state index < -0.39 is 0 Å². The van der Waals surface area contributed by atoms with Crippen molar-refractivity contribution in [2.24, 2.45) is 0 Å². The minimum absolute atomic E-state index is 0.138. The molecule has 1 aliphatic rings. The molecule has 0 aromatic heterocycles. The topological polar surface area (TPSA) is 29.5 Å². The van der Waals surface area contributed by atoms with Gasteiger partial charge < -0.3 is 9.64 Å². The molecule has 3 heteroatoms. The molecule has 0 saturated carbocycles. The molecule has 1 heterocycles. The average Bonchev–Trinajstić information content (AvgIpc) is 2.71. The summed E-state index contributed by atoms with van der Waals surface area (Å²) in [5.74, 6) is 0.138. The highest BCUT2D eigenvalue weighted by Crippen LogP contribution is 2.28. The maximum absolute atomic E-state index is 11.3. The van der Waals surface area contributed by atoms with Gasteiger partial charge in [0.15, 0.2) is 5.78 Å². The fourth-order valence-electron chi connectivity index (χ4n) is 2.32. The first-order valence-corrected chi connectivity index (χ1v) is 6.58. The van der Waals surface area contributed by atoms with Crippen LogP contribution in [0.3, 0.4) is 0 Å². The number of carbonyl (C=O) groups is 1. The summed E-state index contributed by atoms with van der Waals surface area (Å²) in [4.78, 5) is 13.7. The van der Waals surface area contributed by atoms with Crippen LogP contribution >= 0.6 is 0 Å². The number of Topliss-reactive ketones (excluding diaryl/α,β-unsaturated/α-hetero) is 1. The highest BCUT2D eigenvalue weighted by Gasteiger charge is 2.19. The lowest BCUT2D eigenvalue weighted by molar-refractivity contribution is 0.0842. The van der Waals surface area contributed by atoms with Gasteiger partial charge in [0.1, 0.15) is 0 Å². The van der Waals surface area contributed by atoms with Crippen LogP contribution in [0, 0.1) is 0 Å². The molecule has 0 fully saturated rings. The Labute approximate surface area is 109 Å². The fraction of sp³-hybridized carbons (Fsp3) is 0.533. The first kappa shape index (κ1) is 13.1. The molecule has 1 aliphatic heterocycles. The van der Waals surface area contributed by atoms with E-state index in [1.54, 1.807) is 6.92 Å². The lowest BCUT2D eigenvalue weighted by Crippen LogP contribution is -2.26. The number of carbonyl (C=O) groups excluding carboxylic acids is 1. The van der Waals surface area contributed by atoms with Gasteiger partial charge in [-0.1, -0.05) is 0 Å². The minimum Gasteiger partial charge on any atom is -0.377 e. The van der Waals surface area contributed by atoms with E-state index in [1.165, 1.54) is 11.3 Å². The fourth-order valence-corrected chi connectivity index (χ4v) is 2.32. The number of ether oxygens (including phenoxy) is 1. The van der Waals surface area contributed by atoms with E-state index >= 15 is 0 Å². The number of ketones is 1. The van der Waals surface area contributed by atoms with Crippen molar-refractivity contribution < 1.29 is 9.53 Å². The molecule has 0 N–H and O–H groups in total. The van der Waals surface area contributed by atoms with E-state index in [4.69, 9.17) is 4.74 Å². The summed E-state index contributed by atoms with van der Waals surface area (Å²) in [5.41, 5.74) is 3.36. The lowest BCUT2D eigenvalue weighted by Gasteiger charge is -2.20. The lowest BCUT2D eigenvalue weighted by atomic mass is 10.1. The first-order valence-electron chi connectivity index (χ1n) is 6.58. The Morgan fingerprint density at radius 2 is 2.22 bits per heavy atom. The molecule has 98 valence electrons. The van der Waals surface area contributed by atoms with Crippen LogP contribution in [0.15, 0.2) is 18.2 Å². The Morgan fingerprint density at radius 3 is 2.89 bits per heavy atom. The largest absolute Gasteiger partial charge is 0.377 e. The van der Waals surface area contributed by atoms with Crippen LogP contribution in [0.4, 0.5) is 5.69 Å². The van der Waals surface area contributed by atoms with Crippen LogP contribution in [0.1, 0.15) is 36.7 Å². The van der Waals surface area contributed by atoms with E-state index in [2.05, 4.69) is 24.8 Å². The van der Waals surface area contributed by atoms with Crippen molar-refractivity contribution in [1.82, 2.24) is 0 Å². The zero-order valence-corrected chi connectivity index (χ0v) is 11.4. The van der Waals surface area contributed by atoms with Crippen LogP contribution in [0.25, 0.3) is 0 Å². The Bertz CT molecular complexity index is 440. The Hall–Kier alpha value is -1.35. The van der Waals surface area contributed by atoms with Crippen molar-refractivity contribution in [3.8, 4) is 0 Å². The number of hydrogen-bond donors (Lipinski definition) is 0. The van der Waals surface area contributed by atoms with Gasteiger partial charge in [-0.15, -0.1) is 0 Å². The van der Waals surface area contributed by atoms with E-state index in [9.17, 15) is 4.79 Å². The summed E-state index contributed by atoms with van der Waals surface area (Å²) >= 11 is 0. The first-order chi connectivity index (χ1) is 8.58. The quantitative estimate of drug-likeness (QED) is 0.749. The Kier molecular flexibility index (Phi) is 4.02. The third-order valence-corrected chi connectivity index (χ3v) is 3.29. The maximum atomic E-state index is 11.3. The van der Waals surface area contributed by atoms with Crippen molar-refractivity contribution >= 4 is 11.5 Å². The van der Waals surface area contributed by atoms with Gasteiger partial charge in [0, 0.05) is 24.3 Å². The summed E-state index contributed by atoms with van der Waals surface area (Å²) in [6, 6.07) is 6.01. The normalized spacial score (nSPS) is 14.1. The van der Waals surface area contributed by atoms with Crippen molar-refractivity contribution in [3.63, 3.8) is 0 Å². The second-order valence-corrected chi connectivity index (χ2v) is 5.06. The molecule has 1 aromatic rings. The molecule has 0 atom stereocenters. The van der Waals surface area contributed by atoms with Gasteiger partial charge in [0.2, 0.25) is 0 Å². The number of hydrogen-bond acceptors (Lipinski definition) is 3. The van der Waals surface area contributed by atoms with Gasteiger partial charge >= 0.3 is 0 Å². The van der Waals surface area contributed by atoms with Gasteiger partial charge in [-0.2, -0.15) is 0 Å². The standard InChI is InChI=1S/C15H21NO2/c1-11(2)18-9-8-16-7-6-14-10-13(12(3)17)4-5-15(14)16/h4-5,10-11H,6-9H2,1-3H3. The predicted molar refractivity (Wildman–Crippen MR) is 73.5 cm³/mol. The van der Waals surface area contributed by atoms with E-state index in [0.717, 1.165) is 31.7 Å². The predicted octanol–water partition coefficient (Wildman–Crippen LogP) is 2.68. The SMILES string of the molecule is CC(=O)c1ccc2c(c1)CCN2CCOC(C)C. The van der Waals surface area contributed by atoms with Crippen LogP contribution < -0.4 is 4.90 Å². The third kappa shape index (κ3) is 2.91. The molecule has 0 aliphatic carbocycles. The Morgan fingerprint density at radius 1 is 1.44 bits per heavy atom. The number of fused-ring (bicyclic) bond motifs is 1. The summed E-state index contributed by atoms with van der Waals surface area (Å²) in [6.07, 6.45) is 1.31. The molecule has 0 amide bonds. The molecule has 1 aromatic carbocycles. The van der Waals surface area contributed by atoms with Crippen LogP contribution in [0.2, 0.25) is 0 Å². The molecule has 0 unspecified atom stereocenters. The van der Waals surface area contributed by atoms with Gasteiger partial charge in [-0.3, -0.25) is 4.79 Å². The molecule has 0 saturated heterocycles. The van der Waals surface area contributed by atoms with Gasteiger partial charge in [-0.05, 0) is 51.0 Å². The molecule has 2 rings (SSSR count). The number of nitrogens with zero attached hydrogens (tertiary/aromatic N) is 1. The highest BCUT2D eigenvalue weighted by atomic mass is 16.5. The number of benzene rings is 1. The summed E-state index contributed by atoms with van der Waals surface area (Å²) in [7, 11) is 0. The highest BCUT2D eigenvalue weighted by molar-refractivity contribution is 5.94. The monoisotopic (exact) mass is 247 g/mol. The second kappa shape index (κ2) is 5.53. The Balaban J connectivity index is 2.02. The van der Waals surface area contributed by atoms with E-state index in [0.29, 0.717) is 0 Å². The summed E-state index contributed by atoms with van der Waals surface area (Å²) < 4.78 is 5.58. The van der Waals surface area contributed by atoms with Crippen LogP contribution in [-0.2, 0) is 11.2 Å². The maximum Gasteiger partial charge on any atom is 0.159 e. The minimum atomic E-state index is 0.138. The average molecular weight is 247 g/mol. The molecule has 0 radical (unpaired) electrons.